The van der Waals surface area contributed by atoms with Gasteiger partial charge in [-0.25, -0.2) is 19.2 Å². The maximum absolute atomic E-state index is 11.1. The Morgan fingerprint density at radius 1 is 0.531 bits per heavy atom. The maximum Gasteiger partial charge on any atom is 0 e. The van der Waals surface area contributed by atoms with Gasteiger partial charge in [-0.1, -0.05) is 62.3 Å². The van der Waals surface area contributed by atoms with Gasteiger partial charge in [-0.2, -0.15) is 91.0 Å². The van der Waals surface area contributed by atoms with Crippen molar-refractivity contribution < 1.29 is 21.7 Å². The first-order valence-electron chi connectivity index (χ1n) is 10.9. The maximum atomic E-state index is 11.1. The van der Waals surface area contributed by atoms with Crippen molar-refractivity contribution in [1.29, 1.82) is 0 Å². The van der Waals surface area contributed by atoms with E-state index in [0.29, 0.717) is 0 Å². The SMILES string of the molecule is CC(C)(C)P(=[N-])(C(C)(C)C)C(C)(C)C.[Ti].[c-]1ccccc1.[c-]1ccccc1.c1cc[cH-]c1. The van der Waals surface area contributed by atoms with E-state index in [1.807, 2.05) is 91.0 Å². The Morgan fingerprint density at radius 2 is 0.812 bits per heavy atom. The summed E-state index contributed by atoms with van der Waals surface area (Å²) in [6.07, 6.45) is 0. The summed E-state index contributed by atoms with van der Waals surface area (Å²) in [5.74, 6) is 0. The minimum atomic E-state index is -2.02. The Balaban J connectivity index is 0. The fraction of sp³-hybridized carbons (Fsp3) is 0.414. The quantitative estimate of drug-likeness (QED) is 0.173. The van der Waals surface area contributed by atoms with Crippen molar-refractivity contribution in [3.8, 4) is 0 Å². The van der Waals surface area contributed by atoms with Gasteiger partial charge in [0.15, 0.2) is 0 Å². The van der Waals surface area contributed by atoms with E-state index in [0.717, 1.165) is 0 Å². The van der Waals surface area contributed by atoms with Crippen LogP contribution in [-0.4, -0.2) is 15.5 Å². The van der Waals surface area contributed by atoms with Crippen LogP contribution in [0.5, 0.6) is 0 Å². The molecule has 0 saturated heterocycles. The first-order chi connectivity index (χ1) is 14.2. The Kier molecular flexibility index (Phi) is 16.0. The molecule has 0 fully saturated rings. The predicted molar refractivity (Wildman–Crippen MR) is 142 cm³/mol. The summed E-state index contributed by atoms with van der Waals surface area (Å²) < 4.78 is 0. The zero-order valence-corrected chi connectivity index (χ0v) is 24.0. The third kappa shape index (κ3) is 12.1. The molecular formula is C29H42NPTi-4. The molecule has 1 nitrogen and oxygen atoms in total. The van der Waals surface area contributed by atoms with Gasteiger partial charge in [-0.15, -0.1) is 0 Å². The van der Waals surface area contributed by atoms with E-state index in [-0.39, 0.29) is 37.2 Å². The van der Waals surface area contributed by atoms with Crippen molar-refractivity contribution in [2.75, 3.05) is 0 Å². The molecule has 32 heavy (non-hydrogen) atoms. The van der Waals surface area contributed by atoms with E-state index in [2.05, 4.69) is 74.4 Å². The van der Waals surface area contributed by atoms with E-state index in [9.17, 15) is 5.16 Å². The number of nitrogens with zero attached hydrogens (tertiary/aromatic N) is 1. The summed E-state index contributed by atoms with van der Waals surface area (Å²) in [5, 5.41) is 11.1. The Hall–Kier alpha value is -1.27. The van der Waals surface area contributed by atoms with Gasteiger partial charge in [-0.05, 0) is 15.5 Å². The van der Waals surface area contributed by atoms with Crippen LogP contribution in [0.4, 0.5) is 0 Å². The summed E-state index contributed by atoms with van der Waals surface area (Å²) in [6, 6.07) is 35.0. The molecule has 0 bridgehead atoms. The van der Waals surface area contributed by atoms with Crippen molar-refractivity contribution in [2.24, 2.45) is 0 Å². The average molecular weight is 484 g/mol. The molecule has 3 aromatic carbocycles. The first-order valence-corrected chi connectivity index (χ1v) is 12.6. The van der Waals surface area contributed by atoms with Gasteiger partial charge in [0.05, 0.1) is 0 Å². The molecule has 0 amide bonds. The molecule has 0 saturated carbocycles. The molecule has 0 spiro atoms. The van der Waals surface area contributed by atoms with Crippen LogP contribution < -0.4 is 0 Å². The molecule has 3 rings (SSSR count). The van der Waals surface area contributed by atoms with Crippen molar-refractivity contribution >= 4 is 7.05 Å². The fourth-order valence-electron chi connectivity index (χ4n) is 4.02. The third-order valence-electron chi connectivity index (χ3n) is 4.68. The molecule has 3 heteroatoms. The monoisotopic (exact) mass is 483 g/mol. The second-order valence-electron chi connectivity index (χ2n) is 10.3. The topological polar surface area (TPSA) is 22.3 Å². The van der Waals surface area contributed by atoms with Crippen molar-refractivity contribution in [3.63, 3.8) is 0 Å². The fourth-order valence-corrected chi connectivity index (χ4v) is 10.1. The third-order valence-corrected chi connectivity index (χ3v) is 10.5. The number of hydrogen-bond donors (Lipinski definition) is 0. The molecule has 0 aliphatic rings. The molecule has 0 heterocycles. The standard InChI is InChI=1S/C12H27NP.2C6H5.C5H5.Ti/c1-10(2,3)14(13,11(4,5)6)12(7,8)9;2*1-2-4-6-5-3-1;1-2-4-5-3-1;/h1-9H3;2*1-5H;1-5H;/q4*-1;. The zero-order chi connectivity index (χ0) is 24.0. The van der Waals surface area contributed by atoms with Crippen LogP contribution in [0.15, 0.2) is 91.0 Å². The molecule has 0 radical (unpaired) electrons. The van der Waals surface area contributed by atoms with Crippen LogP contribution in [-0.2, 0) is 21.7 Å². The predicted octanol–water partition coefficient (Wildman–Crippen LogP) is 9.53. The summed E-state index contributed by atoms with van der Waals surface area (Å²) in [6.45, 7) is 19.5. The second-order valence-corrected chi connectivity index (χ2v) is 15.6. The van der Waals surface area contributed by atoms with Gasteiger partial charge in [0.25, 0.3) is 0 Å². The Bertz CT molecular complexity index is 661. The van der Waals surface area contributed by atoms with Crippen LogP contribution in [0.3, 0.4) is 0 Å². The van der Waals surface area contributed by atoms with Crippen molar-refractivity contribution in [2.45, 2.75) is 77.8 Å². The molecule has 0 atom stereocenters. The van der Waals surface area contributed by atoms with Crippen LogP contribution >= 0.6 is 7.05 Å². The number of hydrogen-bond acceptors (Lipinski definition) is 0. The van der Waals surface area contributed by atoms with E-state index in [1.54, 1.807) is 0 Å². The Morgan fingerprint density at radius 3 is 0.875 bits per heavy atom. The number of rotatable bonds is 0. The van der Waals surface area contributed by atoms with Gasteiger partial charge < -0.3 is 5.16 Å². The first kappa shape index (κ1) is 32.9. The number of benzene rings is 2. The van der Waals surface area contributed by atoms with Gasteiger partial charge in [0.1, 0.15) is 0 Å². The molecule has 0 N–H and O–H groups in total. The van der Waals surface area contributed by atoms with Gasteiger partial charge >= 0.3 is 0 Å². The largest absolute Gasteiger partial charge is 0.807 e. The normalized spacial score (nSPS) is 11.2. The van der Waals surface area contributed by atoms with E-state index in [1.165, 1.54) is 0 Å². The molecule has 0 aromatic heterocycles. The van der Waals surface area contributed by atoms with Gasteiger partial charge in [-0.3, -0.25) is 0 Å². The summed E-state index contributed by atoms with van der Waals surface area (Å²) in [7, 11) is -2.02. The van der Waals surface area contributed by atoms with Crippen LogP contribution in [0, 0.1) is 12.1 Å². The zero-order valence-electron chi connectivity index (χ0n) is 21.6. The minimum absolute atomic E-state index is 0. The summed E-state index contributed by atoms with van der Waals surface area (Å²) >= 11 is 0. The van der Waals surface area contributed by atoms with Crippen molar-refractivity contribution in [1.82, 2.24) is 0 Å². The molecule has 0 aliphatic heterocycles. The average Bonchev–Trinajstić information content (AvgIpc) is 3.29. The Labute approximate surface area is 214 Å². The molecule has 0 aliphatic carbocycles. The summed E-state index contributed by atoms with van der Waals surface area (Å²) in [5.41, 5.74) is 0. The van der Waals surface area contributed by atoms with Crippen LogP contribution in [0.2, 0.25) is 0 Å². The molecule has 0 unspecified atom stereocenters. The van der Waals surface area contributed by atoms with E-state index >= 15 is 0 Å². The summed E-state index contributed by atoms with van der Waals surface area (Å²) in [4.78, 5) is 0. The smallest absolute Gasteiger partial charge is 0 e. The van der Waals surface area contributed by atoms with Gasteiger partial charge in [0.2, 0.25) is 0 Å². The van der Waals surface area contributed by atoms with Crippen LogP contribution in [0.1, 0.15) is 62.3 Å². The second kappa shape index (κ2) is 15.5. The van der Waals surface area contributed by atoms with Crippen molar-refractivity contribution in [3.05, 3.63) is 108 Å². The minimum Gasteiger partial charge on any atom is -0.807 e. The molecule has 176 valence electrons. The molecular weight excluding hydrogens is 441 g/mol. The van der Waals surface area contributed by atoms with E-state index in [4.69, 9.17) is 0 Å². The van der Waals surface area contributed by atoms with Gasteiger partial charge in [0, 0.05) is 21.7 Å². The van der Waals surface area contributed by atoms with Crippen LogP contribution in [0.25, 0.3) is 5.16 Å². The van der Waals surface area contributed by atoms with E-state index < -0.39 is 7.05 Å². The molecule has 3 aromatic rings.